The molecule has 4 rings (SSSR count). The number of nitrogens with one attached hydrogen (secondary N) is 1. The van der Waals surface area contributed by atoms with Crippen molar-refractivity contribution in [3.05, 3.63) is 81.8 Å². The maximum absolute atomic E-state index is 13.4. The summed E-state index contributed by atoms with van der Waals surface area (Å²) in [5.74, 6) is -0.209. The van der Waals surface area contributed by atoms with Crippen LogP contribution in [0.1, 0.15) is 37.3 Å². The van der Waals surface area contributed by atoms with Crippen LogP contribution in [0.15, 0.2) is 65.6 Å². The van der Waals surface area contributed by atoms with Crippen molar-refractivity contribution in [1.82, 2.24) is 4.90 Å². The molecular formula is C30H33Cl2N3O5S. The van der Waals surface area contributed by atoms with Crippen LogP contribution in [-0.2, 0) is 19.6 Å². The van der Waals surface area contributed by atoms with Crippen molar-refractivity contribution in [3.63, 3.8) is 0 Å². The molecule has 1 heterocycles. The van der Waals surface area contributed by atoms with Crippen LogP contribution in [0.3, 0.4) is 0 Å². The molecule has 1 fully saturated rings. The van der Waals surface area contributed by atoms with Gasteiger partial charge in [-0.2, -0.15) is 0 Å². The number of amides is 2. The van der Waals surface area contributed by atoms with Gasteiger partial charge in [0.1, 0.15) is 11.8 Å². The Morgan fingerprint density at radius 1 is 0.976 bits per heavy atom. The van der Waals surface area contributed by atoms with Gasteiger partial charge < -0.3 is 15.0 Å². The van der Waals surface area contributed by atoms with Crippen molar-refractivity contribution in [3.8, 4) is 5.75 Å². The Hall–Kier alpha value is -3.27. The first-order valence-electron chi connectivity index (χ1n) is 13.3. The third-order valence-electron chi connectivity index (χ3n) is 7.27. The Kier molecular flexibility index (Phi) is 9.51. The van der Waals surface area contributed by atoms with Crippen molar-refractivity contribution in [2.24, 2.45) is 0 Å². The number of nitrogens with zero attached hydrogens (tertiary/aromatic N) is 2. The van der Waals surface area contributed by atoms with Gasteiger partial charge in [0.25, 0.3) is 15.9 Å². The fraction of sp³-hybridized carbons (Fsp3) is 0.333. The maximum atomic E-state index is 13.4. The van der Waals surface area contributed by atoms with Gasteiger partial charge in [0.05, 0.1) is 20.6 Å². The fourth-order valence-electron chi connectivity index (χ4n) is 4.66. The molecule has 2 atom stereocenters. The van der Waals surface area contributed by atoms with Crippen LogP contribution in [-0.4, -0.2) is 50.9 Å². The number of sulfonamides is 1. The molecule has 8 nitrogen and oxygen atoms in total. The summed E-state index contributed by atoms with van der Waals surface area (Å²) >= 11 is 12.0. The van der Waals surface area contributed by atoms with Crippen LogP contribution in [0.5, 0.6) is 5.75 Å². The molecule has 1 saturated heterocycles. The number of anilines is 2. The Bertz CT molecular complexity index is 1550. The van der Waals surface area contributed by atoms with Crippen LogP contribution in [0.2, 0.25) is 10.0 Å². The van der Waals surface area contributed by atoms with E-state index in [2.05, 4.69) is 5.32 Å². The molecule has 11 heteroatoms. The molecule has 0 radical (unpaired) electrons. The zero-order valence-electron chi connectivity index (χ0n) is 23.4. The lowest BCUT2D eigenvalue weighted by Gasteiger charge is -2.36. The normalized spacial score (nSPS) is 16.1. The molecule has 1 aliphatic heterocycles. The van der Waals surface area contributed by atoms with Gasteiger partial charge in [0.15, 0.2) is 6.10 Å². The number of piperidine rings is 1. The molecule has 2 unspecified atom stereocenters. The number of likely N-dealkylation sites (tertiary alicyclic amines) is 1. The molecule has 0 spiro atoms. The minimum Gasteiger partial charge on any atom is -0.481 e. The van der Waals surface area contributed by atoms with Gasteiger partial charge in [0, 0.05) is 19.3 Å². The fourth-order valence-corrected chi connectivity index (χ4v) is 6.24. The summed E-state index contributed by atoms with van der Waals surface area (Å²) in [7, 11) is -2.26. The van der Waals surface area contributed by atoms with E-state index in [1.165, 1.54) is 11.4 Å². The molecule has 1 aliphatic rings. The second kappa shape index (κ2) is 12.7. The molecule has 0 aliphatic carbocycles. The van der Waals surface area contributed by atoms with E-state index in [9.17, 15) is 18.0 Å². The summed E-state index contributed by atoms with van der Waals surface area (Å²) in [5, 5.41) is 3.53. The van der Waals surface area contributed by atoms with E-state index in [-0.39, 0.29) is 16.7 Å². The van der Waals surface area contributed by atoms with Crippen LogP contribution in [0, 0.1) is 13.8 Å². The zero-order chi connectivity index (χ0) is 29.9. The van der Waals surface area contributed by atoms with Gasteiger partial charge in [-0.15, -0.1) is 0 Å². The third kappa shape index (κ3) is 6.97. The smallest absolute Gasteiger partial charge is 0.264 e. The van der Waals surface area contributed by atoms with Gasteiger partial charge in [-0.3, -0.25) is 13.9 Å². The van der Waals surface area contributed by atoms with E-state index in [1.54, 1.807) is 72.5 Å². The van der Waals surface area contributed by atoms with Gasteiger partial charge in [-0.1, -0.05) is 29.3 Å². The molecule has 2 amide bonds. The highest BCUT2D eigenvalue weighted by molar-refractivity contribution is 7.92. The first-order chi connectivity index (χ1) is 19.4. The monoisotopic (exact) mass is 617 g/mol. The first-order valence-corrected chi connectivity index (χ1v) is 15.5. The van der Waals surface area contributed by atoms with Crippen LogP contribution < -0.4 is 14.4 Å². The molecule has 218 valence electrons. The maximum Gasteiger partial charge on any atom is 0.264 e. The highest BCUT2D eigenvalue weighted by atomic mass is 35.5. The second-order valence-corrected chi connectivity index (χ2v) is 12.9. The lowest BCUT2D eigenvalue weighted by molar-refractivity contribution is -0.145. The van der Waals surface area contributed by atoms with Crippen molar-refractivity contribution in [2.45, 2.75) is 57.1 Å². The molecule has 0 aromatic heterocycles. The van der Waals surface area contributed by atoms with Crippen LogP contribution in [0.25, 0.3) is 0 Å². The molecule has 3 aromatic carbocycles. The molecular weight excluding hydrogens is 585 g/mol. The highest BCUT2D eigenvalue weighted by Gasteiger charge is 2.35. The molecule has 0 bridgehead atoms. The molecule has 3 aromatic rings. The van der Waals surface area contributed by atoms with Gasteiger partial charge in [-0.25, -0.2) is 8.42 Å². The van der Waals surface area contributed by atoms with E-state index >= 15 is 0 Å². The summed E-state index contributed by atoms with van der Waals surface area (Å²) in [6.45, 7) is 5.87. The molecule has 41 heavy (non-hydrogen) atoms. The Morgan fingerprint density at radius 3 is 2.34 bits per heavy atom. The van der Waals surface area contributed by atoms with Crippen molar-refractivity contribution >= 4 is 56.4 Å². The first kappa shape index (κ1) is 30.7. The zero-order valence-corrected chi connectivity index (χ0v) is 25.7. The van der Waals surface area contributed by atoms with Gasteiger partial charge >= 0.3 is 0 Å². The lowest BCUT2D eigenvalue weighted by Crippen LogP contribution is -2.53. The quantitative estimate of drug-likeness (QED) is 0.323. The summed E-state index contributed by atoms with van der Waals surface area (Å²) < 4.78 is 33.4. The van der Waals surface area contributed by atoms with E-state index in [1.807, 2.05) is 13.8 Å². The highest BCUT2D eigenvalue weighted by Crippen LogP contribution is 2.28. The number of carbonyl (C=O) groups excluding carboxylic acids is 2. The van der Waals surface area contributed by atoms with Gasteiger partial charge in [-0.05, 0) is 106 Å². The summed E-state index contributed by atoms with van der Waals surface area (Å²) in [6, 6.07) is 15.7. The lowest BCUT2D eigenvalue weighted by atomic mass is 10.0. The minimum atomic E-state index is -3.76. The largest absolute Gasteiger partial charge is 0.481 e. The van der Waals surface area contributed by atoms with Crippen molar-refractivity contribution < 1.29 is 22.7 Å². The summed E-state index contributed by atoms with van der Waals surface area (Å²) in [5.41, 5.74) is 2.85. The van der Waals surface area contributed by atoms with E-state index in [4.69, 9.17) is 27.9 Å². The number of hydrogen-bond donors (Lipinski definition) is 1. The Labute approximate surface area is 251 Å². The SMILES string of the molecule is Cc1ccc(S(=O)(=O)N(C)c2ccc(OC(C)C(=O)N3CCCCC3C(=O)Nc3ccc(Cl)c(Cl)c3)cc2)cc1C. The number of halogens is 2. The van der Waals surface area contributed by atoms with Crippen molar-refractivity contribution in [2.75, 3.05) is 23.2 Å². The Morgan fingerprint density at radius 2 is 1.68 bits per heavy atom. The molecule has 1 N–H and O–H groups in total. The van der Waals surface area contributed by atoms with E-state index in [0.717, 1.165) is 24.0 Å². The Balaban J connectivity index is 1.42. The number of carbonyl (C=O) groups is 2. The van der Waals surface area contributed by atoms with Crippen molar-refractivity contribution in [1.29, 1.82) is 0 Å². The topological polar surface area (TPSA) is 96.0 Å². The predicted octanol–water partition coefficient (Wildman–Crippen LogP) is 6.22. The third-order valence-corrected chi connectivity index (χ3v) is 9.79. The average molecular weight is 619 g/mol. The van der Waals surface area contributed by atoms with Crippen LogP contribution >= 0.6 is 23.2 Å². The number of ether oxygens (including phenoxy) is 1. The van der Waals surface area contributed by atoms with E-state index < -0.39 is 22.2 Å². The number of hydrogen-bond acceptors (Lipinski definition) is 5. The summed E-state index contributed by atoms with van der Waals surface area (Å²) in [6.07, 6.45) is 1.27. The second-order valence-electron chi connectivity index (χ2n) is 10.1. The number of rotatable bonds is 8. The minimum absolute atomic E-state index is 0.210. The summed E-state index contributed by atoms with van der Waals surface area (Å²) in [4.78, 5) is 28.2. The van der Waals surface area contributed by atoms with Crippen LogP contribution in [0.4, 0.5) is 11.4 Å². The standard InChI is InChI=1S/C30H33Cl2N3O5S/c1-19-8-14-25(17-20(19)2)41(38,39)34(4)23-10-12-24(13-11-23)40-21(3)30(37)35-16-6-5-7-28(35)29(36)33-22-9-15-26(31)27(32)18-22/h8-15,17-18,21,28H,5-7,16H2,1-4H3,(H,33,36). The molecule has 0 saturated carbocycles. The van der Waals surface area contributed by atoms with E-state index in [0.29, 0.717) is 40.1 Å². The number of benzene rings is 3. The van der Waals surface area contributed by atoms with Gasteiger partial charge in [0.2, 0.25) is 5.91 Å². The predicted molar refractivity (Wildman–Crippen MR) is 162 cm³/mol. The number of aryl methyl sites for hydroxylation is 2. The average Bonchev–Trinajstić information content (AvgIpc) is 2.96.